The number of allylic oxidation sites excluding steroid dienone is 2. The first-order chi connectivity index (χ1) is 23.7. The van der Waals surface area contributed by atoms with E-state index in [9.17, 15) is 5.41 Å². The lowest BCUT2D eigenvalue weighted by Gasteiger charge is -2.48. The van der Waals surface area contributed by atoms with Crippen LogP contribution in [0.15, 0.2) is 158 Å². The van der Waals surface area contributed by atoms with Crippen molar-refractivity contribution in [2.24, 2.45) is 0 Å². The summed E-state index contributed by atoms with van der Waals surface area (Å²) < 4.78 is 2.37. The number of hydrogen-bond acceptors (Lipinski definition) is 5. The lowest BCUT2D eigenvalue weighted by Crippen LogP contribution is -2.44. The fraction of sp³-hybridized carbons (Fsp3) is 0.0465. The Hall–Kier alpha value is -5.49. The molecule has 0 fully saturated rings. The first kappa shape index (κ1) is 28.7. The zero-order valence-electron chi connectivity index (χ0n) is 25.9. The zero-order chi connectivity index (χ0) is 32.1. The van der Waals surface area contributed by atoms with Crippen LogP contribution in [-0.4, -0.2) is 15.7 Å². The summed E-state index contributed by atoms with van der Waals surface area (Å²) >= 11 is 3.42. The highest BCUT2D eigenvalue weighted by Gasteiger charge is 2.50. The Balaban J connectivity index is 1.16. The molecule has 2 aromatic heterocycles. The molecule has 9 rings (SSSR count). The molecular weight excluding hydrogens is 623 g/mol. The second-order valence-electron chi connectivity index (χ2n) is 12.2. The maximum atomic E-state index is 9.95. The summed E-state index contributed by atoms with van der Waals surface area (Å²) in [5.74, 6) is 0. The molecule has 228 valence electrons. The van der Waals surface area contributed by atoms with Gasteiger partial charge in [0, 0.05) is 11.1 Å². The topological polar surface area (TPSA) is 49.6 Å². The smallest absolute Gasteiger partial charge is 0.124 e. The fourth-order valence-electron chi connectivity index (χ4n) is 7.02. The number of nitrogens with zero attached hydrogens (tertiary/aromatic N) is 2. The van der Waals surface area contributed by atoms with Gasteiger partial charge >= 0.3 is 0 Å². The molecule has 1 aliphatic rings. The van der Waals surface area contributed by atoms with Gasteiger partial charge < -0.3 is 5.41 Å². The van der Waals surface area contributed by atoms with Crippen LogP contribution in [0.4, 0.5) is 0 Å². The Bertz CT molecular complexity index is 2410. The minimum atomic E-state index is -0.610. The van der Waals surface area contributed by atoms with Crippen molar-refractivity contribution in [2.45, 2.75) is 11.8 Å². The van der Waals surface area contributed by atoms with Crippen LogP contribution < -0.4 is 0 Å². The van der Waals surface area contributed by atoms with Crippen molar-refractivity contribution in [1.82, 2.24) is 9.97 Å². The third-order valence-corrected chi connectivity index (χ3v) is 11.6. The average Bonchev–Trinajstić information content (AvgIpc) is 3.78. The molecule has 0 saturated heterocycles. The molecule has 1 atom stereocenters. The fourth-order valence-corrected chi connectivity index (χ4v) is 8.96. The monoisotopic (exact) mass is 651 g/mol. The first-order valence-electron chi connectivity index (χ1n) is 16.0. The number of hydrogen-bond donors (Lipinski definition) is 1. The first-order valence-corrected chi connectivity index (χ1v) is 17.7. The summed E-state index contributed by atoms with van der Waals surface area (Å²) in [5.41, 5.74) is 11.1. The number of nitrogens with one attached hydrogen (secondary N) is 1. The maximum absolute atomic E-state index is 9.95. The maximum Gasteiger partial charge on any atom is 0.124 e. The van der Waals surface area contributed by atoms with Crippen molar-refractivity contribution < 1.29 is 0 Å². The summed E-state index contributed by atoms with van der Waals surface area (Å²) in [4.78, 5) is 9.78. The van der Waals surface area contributed by atoms with Gasteiger partial charge in [0.05, 0.1) is 31.6 Å². The molecule has 0 saturated carbocycles. The second-order valence-corrected chi connectivity index (χ2v) is 14.2. The van der Waals surface area contributed by atoms with E-state index in [2.05, 4.69) is 146 Å². The molecule has 1 aliphatic carbocycles. The van der Waals surface area contributed by atoms with E-state index in [-0.39, 0.29) is 0 Å². The van der Waals surface area contributed by atoms with Crippen molar-refractivity contribution >= 4 is 60.0 Å². The molecule has 48 heavy (non-hydrogen) atoms. The van der Waals surface area contributed by atoms with E-state index >= 15 is 0 Å². The van der Waals surface area contributed by atoms with Crippen molar-refractivity contribution in [3.8, 4) is 21.1 Å². The van der Waals surface area contributed by atoms with Crippen LogP contribution in [0.1, 0.15) is 28.7 Å². The van der Waals surface area contributed by atoms with Gasteiger partial charge in [-0.3, -0.25) is 0 Å². The Labute approximate surface area is 287 Å². The van der Waals surface area contributed by atoms with Crippen LogP contribution in [0.25, 0.3) is 52.7 Å². The summed E-state index contributed by atoms with van der Waals surface area (Å²) in [7, 11) is 0. The molecule has 0 amide bonds. The Morgan fingerprint density at radius 1 is 0.500 bits per heavy atom. The number of benzene rings is 6. The molecule has 0 radical (unpaired) electrons. The van der Waals surface area contributed by atoms with E-state index in [1.807, 2.05) is 12.1 Å². The van der Waals surface area contributed by atoms with Gasteiger partial charge in [0.1, 0.15) is 10.0 Å². The van der Waals surface area contributed by atoms with E-state index in [0.717, 1.165) is 55.3 Å². The molecule has 0 bridgehead atoms. The number of thiazole rings is 2. The predicted molar refractivity (Wildman–Crippen MR) is 203 cm³/mol. The molecule has 3 nitrogen and oxygen atoms in total. The summed E-state index contributed by atoms with van der Waals surface area (Å²) in [6, 6.07) is 55.1. The molecule has 1 N–H and O–H groups in total. The minimum absolute atomic E-state index is 0.606. The normalized spacial score (nSPS) is 15.9. The van der Waals surface area contributed by atoms with Gasteiger partial charge in [0.2, 0.25) is 0 Å². The largest absolute Gasteiger partial charge is 0.303 e. The van der Waals surface area contributed by atoms with Crippen LogP contribution >= 0.6 is 22.7 Å². The predicted octanol–water partition coefficient (Wildman–Crippen LogP) is 11.6. The van der Waals surface area contributed by atoms with Crippen molar-refractivity contribution in [1.29, 1.82) is 5.41 Å². The zero-order valence-corrected chi connectivity index (χ0v) is 27.6. The average molecular weight is 652 g/mol. The van der Waals surface area contributed by atoms with Crippen LogP contribution in [0.3, 0.4) is 0 Å². The highest BCUT2D eigenvalue weighted by molar-refractivity contribution is 7.22. The van der Waals surface area contributed by atoms with Gasteiger partial charge in [-0.25, -0.2) is 9.97 Å². The summed E-state index contributed by atoms with van der Waals surface area (Å²) in [5, 5.41) is 12.0. The molecule has 5 heteroatoms. The van der Waals surface area contributed by atoms with Gasteiger partial charge in [-0.2, -0.15) is 0 Å². The van der Waals surface area contributed by atoms with Crippen LogP contribution in [0.5, 0.6) is 0 Å². The third-order valence-electron chi connectivity index (χ3n) is 9.41. The van der Waals surface area contributed by atoms with Crippen LogP contribution in [-0.2, 0) is 5.41 Å². The lowest BCUT2D eigenvalue weighted by atomic mass is 9.54. The number of rotatable bonds is 7. The molecule has 6 aromatic carbocycles. The van der Waals surface area contributed by atoms with Gasteiger partial charge in [-0.15, -0.1) is 22.7 Å². The van der Waals surface area contributed by atoms with Gasteiger partial charge in [0.15, 0.2) is 0 Å². The van der Waals surface area contributed by atoms with Crippen molar-refractivity contribution in [3.05, 3.63) is 180 Å². The highest BCUT2D eigenvalue weighted by atomic mass is 32.1. The Morgan fingerprint density at radius 3 is 1.54 bits per heavy atom. The third kappa shape index (κ3) is 4.74. The van der Waals surface area contributed by atoms with E-state index in [1.54, 1.807) is 22.7 Å². The quantitative estimate of drug-likeness (QED) is 0.174. The molecule has 1 unspecified atom stereocenters. The molecule has 8 aromatic rings. The molecule has 0 spiro atoms. The molecule has 2 heterocycles. The van der Waals surface area contributed by atoms with Crippen LogP contribution in [0, 0.1) is 5.41 Å². The number of para-hydroxylation sites is 2. The second kappa shape index (κ2) is 11.6. The van der Waals surface area contributed by atoms with Crippen molar-refractivity contribution in [2.75, 3.05) is 0 Å². The SMILES string of the molecule is N=C(c1ccc(-c2nc3ccccc3s2)cc1)C1(c2ccccc2)CC(c2ccccc2)=C1c1ccc(-c2nc3ccccc3s2)cc1. The Morgan fingerprint density at radius 2 is 0.979 bits per heavy atom. The number of fused-ring (bicyclic) bond motifs is 2. The standard InChI is InChI=1S/C43H29N3S2/c44-40(30-21-25-32(26-22-30)42-46-36-16-8-10-18-38(36)48-42)43(33-13-5-2-6-14-33)27-34(28-11-3-1-4-12-28)39(43)29-19-23-31(24-20-29)41-45-35-15-7-9-17-37(35)47-41/h1-26,44H,27H2. The number of aromatic nitrogens is 2. The summed E-state index contributed by atoms with van der Waals surface area (Å²) in [6.07, 6.45) is 0.744. The van der Waals surface area contributed by atoms with Crippen molar-refractivity contribution in [3.63, 3.8) is 0 Å². The van der Waals surface area contributed by atoms with E-state index in [1.165, 1.54) is 26.1 Å². The molecule has 0 aliphatic heterocycles. The minimum Gasteiger partial charge on any atom is -0.303 e. The highest BCUT2D eigenvalue weighted by Crippen LogP contribution is 2.58. The van der Waals surface area contributed by atoms with Gasteiger partial charge in [-0.1, -0.05) is 133 Å². The lowest BCUT2D eigenvalue weighted by molar-refractivity contribution is 0.708. The van der Waals surface area contributed by atoms with E-state index < -0.39 is 5.41 Å². The molecular formula is C43H29N3S2. The summed E-state index contributed by atoms with van der Waals surface area (Å²) in [6.45, 7) is 0. The van der Waals surface area contributed by atoms with E-state index in [4.69, 9.17) is 9.97 Å². The van der Waals surface area contributed by atoms with E-state index in [0.29, 0.717) is 5.71 Å². The Kier molecular flexibility index (Phi) is 6.96. The van der Waals surface area contributed by atoms with Gasteiger partial charge in [0.25, 0.3) is 0 Å². The van der Waals surface area contributed by atoms with Crippen LogP contribution in [0.2, 0.25) is 0 Å². The van der Waals surface area contributed by atoms with Gasteiger partial charge in [-0.05, 0) is 64.1 Å².